The highest BCUT2D eigenvalue weighted by Gasteiger charge is 2.27. The van der Waals surface area contributed by atoms with Crippen LogP contribution in [0.15, 0.2) is 59.5 Å². The van der Waals surface area contributed by atoms with Gasteiger partial charge in [-0.25, -0.2) is 8.42 Å². The number of ether oxygens (including phenoxy) is 1. The summed E-state index contributed by atoms with van der Waals surface area (Å²) in [6.45, 7) is 2.34. The monoisotopic (exact) mass is 417 g/mol. The second-order valence-electron chi connectivity index (χ2n) is 7.09. The summed E-state index contributed by atoms with van der Waals surface area (Å²) < 4.78 is 32.5. The predicted octanol–water partition coefficient (Wildman–Crippen LogP) is 2.42. The zero-order valence-corrected chi connectivity index (χ0v) is 17.4. The first-order chi connectivity index (χ1) is 13.9. The summed E-state index contributed by atoms with van der Waals surface area (Å²) in [4.78, 5) is 14.4. The van der Waals surface area contributed by atoms with Crippen LogP contribution in [0.3, 0.4) is 0 Å². The van der Waals surface area contributed by atoms with Crippen LogP contribution in [-0.4, -0.2) is 63.4 Å². The van der Waals surface area contributed by atoms with Gasteiger partial charge in [0.05, 0.1) is 11.4 Å². The van der Waals surface area contributed by atoms with Gasteiger partial charge in [0, 0.05) is 25.3 Å². The van der Waals surface area contributed by atoms with Crippen LogP contribution in [0.25, 0.3) is 0 Å². The van der Waals surface area contributed by atoms with E-state index in [4.69, 9.17) is 4.74 Å². The number of carbonyl (C=O) groups excluding carboxylic acids is 1. The van der Waals surface area contributed by atoms with Crippen LogP contribution in [0.2, 0.25) is 0 Å². The maximum atomic E-state index is 12.7. The van der Waals surface area contributed by atoms with Crippen LogP contribution in [0.5, 0.6) is 5.75 Å². The van der Waals surface area contributed by atoms with Crippen molar-refractivity contribution in [2.75, 3.05) is 45.2 Å². The van der Waals surface area contributed by atoms with Crippen LogP contribution in [0.1, 0.15) is 12.8 Å². The van der Waals surface area contributed by atoms with Crippen molar-refractivity contribution >= 4 is 21.6 Å². The number of sulfonamides is 1. The topological polar surface area (TPSA) is 79.0 Å². The Balaban J connectivity index is 1.50. The van der Waals surface area contributed by atoms with Gasteiger partial charge in [-0.15, -0.1) is 0 Å². The largest absolute Gasteiger partial charge is 0.492 e. The van der Waals surface area contributed by atoms with Crippen LogP contribution in [0, 0.1) is 0 Å². The summed E-state index contributed by atoms with van der Waals surface area (Å²) >= 11 is 0. The molecule has 0 radical (unpaired) electrons. The quantitative estimate of drug-likeness (QED) is 0.678. The number of benzene rings is 2. The summed E-state index contributed by atoms with van der Waals surface area (Å²) in [6.07, 6.45) is 1.77. The highest BCUT2D eigenvalue weighted by atomic mass is 32.2. The first kappa shape index (κ1) is 21.3. The average molecular weight is 418 g/mol. The second kappa shape index (κ2) is 9.87. The molecule has 1 fully saturated rings. The number of rotatable bonds is 9. The fourth-order valence-electron chi connectivity index (χ4n) is 3.17. The lowest BCUT2D eigenvalue weighted by Gasteiger charge is -2.18. The molecular weight excluding hydrogens is 390 g/mol. The molecule has 2 aromatic carbocycles. The highest BCUT2D eigenvalue weighted by Crippen LogP contribution is 2.23. The summed E-state index contributed by atoms with van der Waals surface area (Å²) in [5.74, 6) is 0.587. The molecule has 1 N–H and O–H groups in total. The van der Waals surface area contributed by atoms with Crippen LogP contribution >= 0.6 is 0 Å². The SMILES string of the molecule is CN(CCOc1ccccc1)CC(=O)Nc1cccc(S(=O)(=O)N2CCCC2)c1. The molecule has 1 amide bonds. The van der Waals surface area contributed by atoms with Gasteiger partial charge in [0.25, 0.3) is 0 Å². The number of para-hydroxylation sites is 1. The van der Waals surface area contributed by atoms with E-state index in [2.05, 4.69) is 5.32 Å². The molecule has 29 heavy (non-hydrogen) atoms. The van der Waals surface area contributed by atoms with Crippen molar-refractivity contribution in [3.63, 3.8) is 0 Å². The molecule has 2 aromatic rings. The summed E-state index contributed by atoms with van der Waals surface area (Å²) in [7, 11) is -1.67. The van der Waals surface area contributed by atoms with Crippen molar-refractivity contribution < 1.29 is 17.9 Å². The molecule has 0 unspecified atom stereocenters. The second-order valence-corrected chi connectivity index (χ2v) is 9.02. The summed E-state index contributed by atoms with van der Waals surface area (Å²) in [5.41, 5.74) is 0.476. The normalized spacial score (nSPS) is 14.8. The third-order valence-electron chi connectivity index (χ3n) is 4.72. The molecule has 3 rings (SSSR count). The molecule has 1 aliphatic heterocycles. The molecule has 0 spiro atoms. The first-order valence-corrected chi connectivity index (χ1v) is 11.2. The minimum Gasteiger partial charge on any atom is -0.492 e. The van der Waals surface area contributed by atoms with Crippen molar-refractivity contribution in [3.8, 4) is 5.75 Å². The van der Waals surface area contributed by atoms with Gasteiger partial charge in [-0.1, -0.05) is 24.3 Å². The fraction of sp³-hybridized carbons (Fsp3) is 0.381. The Labute approximate surface area is 172 Å². The van der Waals surface area contributed by atoms with Crippen molar-refractivity contribution in [1.29, 1.82) is 0 Å². The molecule has 0 aliphatic carbocycles. The molecule has 0 bridgehead atoms. The lowest BCUT2D eigenvalue weighted by Crippen LogP contribution is -2.33. The van der Waals surface area contributed by atoms with E-state index >= 15 is 0 Å². The van der Waals surface area contributed by atoms with E-state index in [-0.39, 0.29) is 17.3 Å². The van der Waals surface area contributed by atoms with E-state index in [1.807, 2.05) is 42.3 Å². The van der Waals surface area contributed by atoms with Gasteiger partial charge in [0.1, 0.15) is 12.4 Å². The van der Waals surface area contributed by atoms with Crippen molar-refractivity contribution in [2.24, 2.45) is 0 Å². The van der Waals surface area contributed by atoms with Crippen LogP contribution < -0.4 is 10.1 Å². The molecular formula is C21H27N3O4S. The van der Waals surface area contributed by atoms with Crippen molar-refractivity contribution in [2.45, 2.75) is 17.7 Å². The van der Waals surface area contributed by atoms with Gasteiger partial charge in [0.15, 0.2) is 0 Å². The van der Waals surface area contributed by atoms with Gasteiger partial charge in [-0.05, 0) is 50.2 Å². The molecule has 0 aromatic heterocycles. The third kappa shape index (κ3) is 6.03. The molecule has 0 atom stereocenters. The fourth-order valence-corrected chi connectivity index (χ4v) is 4.74. The maximum absolute atomic E-state index is 12.7. The standard InChI is InChI=1S/C21H27N3O4S/c1-23(14-15-28-19-9-3-2-4-10-19)17-21(25)22-18-8-7-11-20(16-18)29(26,27)24-12-5-6-13-24/h2-4,7-11,16H,5-6,12-15,17H2,1H3,(H,22,25). The van der Waals surface area contributed by atoms with E-state index in [0.717, 1.165) is 18.6 Å². The number of carbonyl (C=O) groups is 1. The minimum atomic E-state index is -3.50. The van der Waals surface area contributed by atoms with Crippen molar-refractivity contribution in [3.05, 3.63) is 54.6 Å². The average Bonchev–Trinajstić information content (AvgIpc) is 3.24. The van der Waals surface area contributed by atoms with Crippen LogP contribution in [0.4, 0.5) is 5.69 Å². The van der Waals surface area contributed by atoms with Gasteiger partial charge >= 0.3 is 0 Å². The Morgan fingerprint density at radius 2 is 1.83 bits per heavy atom. The Kier molecular flexibility index (Phi) is 7.24. The molecule has 156 valence electrons. The molecule has 7 nitrogen and oxygen atoms in total. The van der Waals surface area contributed by atoms with Gasteiger partial charge in [0.2, 0.25) is 15.9 Å². The zero-order chi connectivity index (χ0) is 20.7. The van der Waals surface area contributed by atoms with Crippen molar-refractivity contribution in [1.82, 2.24) is 9.21 Å². The summed E-state index contributed by atoms with van der Waals surface area (Å²) in [6, 6.07) is 15.9. The third-order valence-corrected chi connectivity index (χ3v) is 6.61. The number of amides is 1. The molecule has 1 heterocycles. The van der Waals surface area contributed by atoms with E-state index in [1.54, 1.807) is 18.2 Å². The molecule has 1 aliphatic rings. The molecule has 0 saturated carbocycles. The maximum Gasteiger partial charge on any atom is 0.243 e. The number of anilines is 1. The van der Waals surface area contributed by atoms with E-state index in [9.17, 15) is 13.2 Å². The van der Waals surface area contributed by atoms with Gasteiger partial charge < -0.3 is 10.1 Å². The Bertz CT molecular complexity index is 913. The lowest BCUT2D eigenvalue weighted by molar-refractivity contribution is -0.117. The molecule has 8 heteroatoms. The first-order valence-electron chi connectivity index (χ1n) is 9.71. The zero-order valence-electron chi connectivity index (χ0n) is 16.6. The highest BCUT2D eigenvalue weighted by molar-refractivity contribution is 7.89. The van der Waals surface area contributed by atoms with Gasteiger partial charge in [-0.2, -0.15) is 4.31 Å². The number of likely N-dealkylation sites (N-methyl/N-ethyl adjacent to an activating group) is 1. The summed E-state index contributed by atoms with van der Waals surface area (Å²) in [5, 5.41) is 2.78. The molecule has 1 saturated heterocycles. The Morgan fingerprint density at radius 1 is 1.10 bits per heavy atom. The van der Waals surface area contributed by atoms with Gasteiger partial charge in [-0.3, -0.25) is 9.69 Å². The van der Waals surface area contributed by atoms with E-state index < -0.39 is 10.0 Å². The Hall–Kier alpha value is -2.42. The lowest BCUT2D eigenvalue weighted by atomic mass is 10.3. The smallest absolute Gasteiger partial charge is 0.243 e. The number of nitrogens with zero attached hydrogens (tertiary/aromatic N) is 2. The Morgan fingerprint density at radius 3 is 2.55 bits per heavy atom. The predicted molar refractivity (Wildman–Crippen MR) is 112 cm³/mol. The van der Waals surface area contributed by atoms with E-state index in [0.29, 0.717) is 31.9 Å². The minimum absolute atomic E-state index is 0.182. The number of hydrogen-bond donors (Lipinski definition) is 1. The van der Waals surface area contributed by atoms with Crippen LogP contribution in [-0.2, 0) is 14.8 Å². The van der Waals surface area contributed by atoms with E-state index in [1.165, 1.54) is 10.4 Å². The number of nitrogens with one attached hydrogen (secondary N) is 1. The number of hydrogen-bond acceptors (Lipinski definition) is 5.